The first kappa shape index (κ1) is 6.68. The topological polar surface area (TPSA) is 18.8 Å². The van der Waals surface area contributed by atoms with Gasteiger partial charge in [0.05, 0.1) is 0 Å². The fraction of sp³-hybridized carbons (Fsp3) is 0.800. The highest BCUT2D eigenvalue weighted by atomic mass is 35.5. The molecule has 0 atom stereocenters. The van der Waals surface area contributed by atoms with E-state index in [1.54, 1.807) is 6.34 Å². The summed E-state index contributed by atoms with van der Waals surface area (Å²) in [5, 5.41) is 5.93. The van der Waals surface area contributed by atoms with Gasteiger partial charge >= 0.3 is 0 Å². The van der Waals surface area contributed by atoms with Gasteiger partial charge in [-0.05, 0) is 13.8 Å². The van der Waals surface area contributed by atoms with Crippen LogP contribution >= 0.6 is 11.8 Å². The van der Waals surface area contributed by atoms with Gasteiger partial charge in [0.1, 0.15) is 13.0 Å². The van der Waals surface area contributed by atoms with E-state index in [0.717, 1.165) is 0 Å². The van der Waals surface area contributed by atoms with Gasteiger partial charge in [-0.3, -0.25) is 9.43 Å². The predicted molar refractivity (Wildman–Crippen MR) is 38.0 cm³/mol. The largest absolute Gasteiger partial charge is 0.272 e. The molecule has 1 heterocycles. The van der Waals surface area contributed by atoms with Gasteiger partial charge in [0, 0.05) is 17.8 Å². The second kappa shape index (κ2) is 2.43. The van der Waals surface area contributed by atoms with E-state index in [4.69, 9.17) is 11.8 Å². The molecule has 1 aliphatic heterocycles. The molecule has 0 spiro atoms. The molecule has 0 bridgehead atoms. The van der Waals surface area contributed by atoms with Crippen molar-refractivity contribution in [3.05, 3.63) is 0 Å². The number of hydrogen-bond acceptors (Lipinski definition) is 3. The minimum atomic E-state index is 0.435. The van der Waals surface area contributed by atoms with Gasteiger partial charge in [-0.2, -0.15) is 5.10 Å². The monoisotopic (exact) mass is 147 g/mol. The first-order valence-electron chi connectivity index (χ1n) is 2.93. The van der Waals surface area contributed by atoms with E-state index in [1.165, 1.54) is 4.42 Å². The van der Waals surface area contributed by atoms with Gasteiger partial charge in [-0.15, -0.1) is 0 Å². The van der Waals surface area contributed by atoms with E-state index in [0.29, 0.717) is 12.7 Å². The first-order valence-corrected chi connectivity index (χ1v) is 3.27. The molecule has 0 aromatic heterocycles. The van der Waals surface area contributed by atoms with Crippen LogP contribution in [0.25, 0.3) is 0 Å². The van der Waals surface area contributed by atoms with E-state index in [9.17, 15) is 0 Å². The summed E-state index contributed by atoms with van der Waals surface area (Å²) in [5.74, 6) is 0. The molecule has 0 fully saturated rings. The lowest BCUT2D eigenvalue weighted by Crippen LogP contribution is -2.26. The Balaban J connectivity index is 2.41. The van der Waals surface area contributed by atoms with Crippen molar-refractivity contribution in [1.29, 1.82) is 0 Å². The van der Waals surface area contributed by atoms with Crippen molar-refractivity contribution in [2.45, 2.75) is 19.9 Å². The molecule has 0 saturated carbocycles. The minimum absolute atomic E-state index is 0.435. The van der Waals surface area contributed by atoms with Crippen LogP contribution < -0.4 is 0 Å². The summed E-state index contributed by atoms with van der Waals surface area (Å²) < 4.78 is 1.53. The lowest BCUT2D eigenvalue weighted by atomic mass is 10.4. The van der Waals surface area contributed by atoms with Crippen LogP contribution in [0.5, 0.6) is 0 Å². The molecule has 0 aromatic rings. The number of nitrogens with zero attached hydrogens (tertiary/aromatic N) is 3. The first-order chi connectivity index (χ1) is 4.20. The Labute approximate surface area is 60.0 Å². The van der Waals surface area contributed by atoms with Crippen molar-refractivity contribution in [3.8, 4) is 0 Å². The second-order valence-corrected chi connectivity index (χ2v) is 2.74. The quantitative estimate of drug-likeness (QED) is 0.517. The lowest BCUT2D eigenvalue weighted by Gasteiger charge is -2.17. The molecule has 0 unspecified atom stereocenters. The lowest BCUT2D eigenvalue weighted by molar-refractivity contribution is 0.226. The normalized spacial score (nSPS) is 18.2. The van der Waals surface area contributed by atoms with E-state index in [2.05, 4.69) is 18.9 Å². The zero-order valence-electron chi connectivity index (χ0n) is 5.58. The van der Waals surface area contributed by atoms with Gasteiger partial charge in [0.2, 0.25) is 0 Å². The van der Waals surface area contributed by atoms with Gasteiger partial charge in [0.25, 0.3) is 0 Å². The summed E-state index contributed by atoms with van der Waals surface area (Å²) in [6.45, 7) is 4.85. The molecular weight excluding hydrogens is 138 g/mol. The maximum Gasteiger partial charge on any atom is 0.127 e. The smallest absolute Gasteiger partial charge is 0.127 e. The van der Waals surface area contributed by atoms with Crippen LogP contribution in [-0.4, -0.2) is 28.5 Å². The Bertz CT molecular complexity index is 123. The summed E-state index contributed by atoms with van der Waals surface area (Å²) >= 11 is 5.59. The van der Waals surface area contributed by atoms with Crippen LogP contribution in [0.4, 0.5) is 0 Å². The molecule has 1 aliphatic rings. The van der Waals surface area contributed by atoms with Gasteiger partial charge in [-0.25, -0.2) is 0 Å². The van der Waals surface area contributed by atoms with Crippen molar-refractivity contribution >= 4 is 18.1 Å². The third kappa shape index (κ3) is 1.48. The van der Waals surface area contributed by atoms with Gasteiger partial charge < -0.3 is 0 Å². The number of hydrazone groups is 1. The Morgan fingerprint density at radius 1 is 1.67 bits per heavy atom. The molecule has 1 rings (SSSR count). The van der Waals surface area contributed by atoms with Crippen LogP contribution in [0.2, 0.25) is 0 Å². The summed E-state index contributed by atoms with van der Waals surface area (Å²) in [4.78, 5) is 0. The van der Waals surface area contributed by atoms with Crippen LogP contribution in [0.15, 0.2) is 5.10 Å². The van der Waals surface area contributed by atoms with E-state index in [-0.39, 0.29) is 0 Å². The molecule has 0 saturated heterocycles. The Morgan fingerprint density at radius 3 is 2.56 bits per heavy atom. The molecule has 52 valence electrons. The molecule has 0 amide bonds. The minimum Gasteiger partial charge on any atom is -0.272 e. The molecular formula is C5H10ClN3. The summed E-state index contributed by atoms with van der Waals surface area (Å²) in [6.07, 6.45) is 1.61. The van der Waals surface area contributed by atoms with Gasteiger partial charge in [-0.1, -0.05) is 0 Å². The van der Waals surface area contributed by atoms with Crippen molar-refractivity contribution in [3.63, 3.8) is 0 Å². The van der Waals surface area contributed by atoms with Crippen LogP contribution in [-0.2, 0) is 0 Å². The maximum absolute atomic E-state index is 5.59. The summed E-state index contributed by atoms with van der Waals surface area (Å²) in [7, 11) is 0. The molecule has 0 aromatic carbocycles. The van der Waals surface area contributed by atoms with E-state index >= 15 is 0 Å². The fourth-order valence-corrected chi connectivity index (χ4v) is 0.779. The predicted octanol–water partition coefficient (Wildman–Crippen LogP) is 1.07. The number of halogens is 1. The standard InChI is InChI=1S/C5H10ClN3/c1-5(2)9-4-8(6)3-7-9/h3,5H,4H2,1-2H3. The molecule has 0 N–H and O–H groups in total. The Kier molecular flexibility index (Phi) is 1.81. The summed E-state index contributed by atoms with van der Waals surface area (Å²) in [5.41, 5.74) is 0. The van der Waals surface area contributed by atoms with Crippen molar-refractivity contribution in [1.82, 2.24) is 9.43 Å². The Morgan fingerprint density at radius 2 is 2.33 bits per heavy atom. The SMILES string of the molecule is CC(C)N1CN(Cl)C=N1. The number of hydrogen-bond donors (Lipinski definition) is 0. The maximum atomic E-state index is 5.59. The zero-order valence-corrected chi connectivity index (χ0v) is 6.34. The average molecular weight is 148 g/mol. The van der Waals surface area contributed by atoms with Crippen LogP contribution in [0.1, 0.15) is 13.8 Å². The van der Waals surface area contributed by atoms with E-state index in [1.807, 2.05) is 5.01 Å². The molecule has 3 nitrogen and oxygen atoms in total. The third-order valence-corrected chi connectivity index (χ3v) is 1.40. The van der Waals surface area contributed by atoms with Gasteiger partial charge in [0.15, 0.2) is 0 Å². The summed E-state index contributed by atoms with van der Waals surface area (Å²) in [6, 6.07) is 0.435. The molecule has 0 radical (unpaired) electrons. The van der Waals surface area contributed by atoms with Crippen LogP contribution in [0.3, 0.4) is 0 Å². The molecule has 0 aliphatic carbocycles. The highest BCUT2D eigenvalue weighted by molar-refractivity contribution is 6.18. The van der Waals surface area contributed by atoms with Crippen molar-refractivity contribution < 1.29 is 0 Å². The van der Waals surface area contributed by atoms with Crippen molar-refractivity contribution in [2.24, 2.45) is 5.10 Å². The van der Waals surface area contributed by atoms with Crippen LogP contribution in [0, 0.1) is 0 Å². The second-order valence-electron chi connectivity index (χ2n) is 2.31. The highest BCUT2D eigenvalue weighted by Crippen LogP contribution is 2.07. The zero-order chi connectivity index (χ0) is 6.85. The van der Waals surface area contributed by atoms with Crippen molar-refractivity contribution in [2.75, 3.05) is 6.67 Å². The molecule has 9 heavy (non-hydrogen) atoms. The molecule has 4 heteroatoms. The Hall–Kier alpha value is -0.440. The third-order valence-electron chi connectivity index (χ3n) is 1.20. The fourth-order valence-electron chi connectivity index (χ4n) is 0.630. The number of rotatable bonds is 1. The average Bonchev–Trinajstić information content (AvgIpc) is 2.14. The van der Waals surface area contributed by atoms with E-state index < -0.39 is 0 Å². The highest BCUT2D eigenvalue weighted by Gasteiger charge is 2.13.